The molecule has 1 heterocycles. The van der Waals surface area contributed by atoms with Crippen LogP contribution in [0.1, 0.15) is 54.7 Å². The number of sulfonamides is 1. The van der Waals surface area contributed by atoms with Crippen molar-refractivity contribution in [1.29, 1.82) is 0 Å². The van der Waals surface area contributed by atoms with E-state index in [9.17, 15) is 18.3 Å². The minimum absolute atomic E-state index is 0.298. The third-order valence-electron chi connectivity index (χ3n) is 7.10. The molecule has 4 rings (SSSR count). The molecule has 0 fully saturated rings. The van der Waals surface area contributed by atoms with E-state index in [-0.39, 0.29) is 0 Å². The van der Waals surface area contributed by atoms with Crippen LogP contribution in [-0.4, -0.2) is 44.5 Å². The molecule has 220 valence electrons. The van der Waals surface area contributed by atoms with Gasteiger partial charge in [-0.05, 0) is 106 Å². The molecule has 10 heteroatoms. The van der Waals surface area contributed by atoms with Crippen molar-refractivity contribution < 1.29 is 27.8 Å². The van der Waals surface area contributed by atoms with E-state index in [1.807, 2.05) is 45.0 Å². The van der Waals surface area contributed by atoms with Gasteiger partial charge in [-0.1, -0.05) is 23.7 Å². The number of anilines is 2. The fourth-order valence-corrected chi connectivity index (χ4v) is 6.14. The molecule has 0 aliphatic carbocycles. The summed E-state index contributed by atoms with van der Waals surface area (Å²) in [4.78, 5) is 12.9. The van der Waals surface area contributed by atoms with Gasteiger partial charge in [0.15, 0.2) is 6.10 Å². The molecule has 41 heavy (non-hydrogen) atoms. The number of hydrogen-bond donors (Lipinski definition) is 3. The number of carboxylic acid groups (broad SMARTS) is 1. The fraction of sp³-hybridized carbons (Fsp3) is 0.387. The molecule has 1 atom stereocenters. The smallest absolute Gasteiger partial charge is 0.337 e. The van der Waals surface area contributed by atoms with E-state index in [0.29, 0.717) is 51.7 Å². The minimum Gasteiger partial charge on any atom is -0.490 e. The number of carbonyl (C=O) groups is 1. The molecule has 0 radical (unpaired) electrons. The molecule has 1 unspecified atom stereocenters. The topological polar surface area (TPSA) is 114 Å². The van der Waals surface area contributed by atoms with E-state index in [2.05, 4.69) is 10.0 Å². The molecule has 3 aromatic rings. The van der Waals surface area contributed by atoms with Gasteiger partial charge < -0.3 is 19.9 Å². The van der Waals surface area contributed by atoms with Crippen molar-refractivity contribution in [3.63, 3.8) is 0 Å². The summed E-state index contributed by atoms with van der Waals surface area (Å²) in [6.07, 6.45) is -0.309. The molecular weight excluding hydrogens is 564 g/mol. The van der Waals surface area contributed by atoms with Crippen LogP contribution in [0.4, 0.5) is 11.4 Å². The van der Waals surface area contributed by atoms with Gasteiger partial charge in [-0.15, -0.1) is 0 Å². The number of benzene rings is 3. The summed E-state index contributed by atoms with van der Waals surface area (Å²) in [5.74, 6) is -0.459. The van der Waals surface area contributed by atoms with Crippen molar-refractivity contribution in [1.82, 2.24) is 0 Å². The van der Waals surface area contributed by atoms with Crippen molar-refractivity contribution in [3.05, 3.63) is 63.2 Å². The summed E-state index contributed by atoms with van der Waals surface area (Å²) in [5.41, 5.74) is 6.39. The monoisotopic (exact) mass is 600 g/mol. The zero-order valence-corrected chi connectivity index (χ0v) is 26.2. The van der Waals surface area contributed by atoms with Gasteiger partial charge in [0, 0.05) is 22.7 Å². The Morgan fingerprint density at radius 1 is 1.07 bits per heavy atom. The molecular formula is C31H37ClN2O6S. The fourth-order valence-electron chi connectivity index (χ4n) is 5.39. The Morgan fingerprint density at radius 2 is 1.76 bits per heavy atom. The molecule has 8 nitrogen and oxygen atoms in total. The van der Waals surface area contributed by atoms with E-state index in [1.165, 1.54) is 0 Å². The van der Waals surface area contributed by atoms with Gasteiger partial charge in [-0.2, -0.15) is 0 Å². The summed E-state index contributed by atoms with van der Waals surface area (Å²) in [6.45, 7) is 14.0. The predicted octanol–water partition coefficient (Wildman–Crippen LogP) is 7.02. The van der Waals surface area contributed by atoms with Crippen molar-refractivity contribution >= 4 is 39.0 Å². The molecule has 0 bridgehead atoms. The number of aliphatic carboxylic acids is 1. The predicted molar refractivity (Wildman–Crippen MR) is 165 cm³/mol. The molecule has 1 aliphatic rings. The number of halogens is 1. The van der Waals surface area contributed by atoms with Gasteiger partial charge >= 0.3 is 5.97 Å². The first kappa shape index (κ1) is 30.7. The molecule has 0 amide bonds. The average molecular weight is 601 g/mol. The third kappa shape index (κ3) is 6.32. The lowest BCUT2D eigenvalue weighted by Crippen LogP contribution is -2.29. The first-order valence-corrected chi connectivity index (χ1v) is 15.6. The van der Waals surface area contributed by atoms with Crippen molar-refractivity contribution in [3.8, 4) is 28.0 Å². The quantitative estimate of drug-likeness (QED) is 0.267. The average Bonchev–Trinajstić information content (AvgIpc) is 2.86. The van der Waals surface area contributed by atoms with E-state index >= 15 is 0 Å². The van der Waals surface area contributed by atoms with Crippen LogP contribution in [-0.2, 0) is 19.6 Å². The van der Waals surface area contributed by atoms with Crippen LogP contribution in [0.3, 0.4) is 0 Å². The first-order chi connectivity index (χ1) is 19.0. The van der Waals surface area contributed by atoms with E-state index in [0.717, 1.165) is 39.9 Å². The highest BCUT2D eigenvalue weighted by molar-refractivity contribution is 7.92. The Balaban J connectivity index is 2.21. The molecule has 0 saturated heterocycles. The Bertz CT molecular complexity index is 1640. The van der Waals surface area contributed by atoms with Crippen LogP contribution in [0.5, 0.6) is 5.75 Å². The van der Waals surface area contributed by atoms with Gasteiger partial charge in [0.2, 0.25) is 10.0 Å². The number of rotatable bonds is 7. The number of aryl methyl sites for hydroxylation is 1. The van der Waals surface area contributed by atoms with Crippen LogP contribution >= 0.6 is 11.6 Å². The van der Waals surface area contributed by atoms with E-state index in [4.69, 9.17) is 21.1 Å². The molecule has 3 aromatic carbocycles. The van der Waals surface area contributed by atoms with Crippen molar-refractivity contribution in [2.45, 2.75) is 60.2 Å². The summed E-state index contributed by atoms with van der Waals surface area (Å²) < 4.78 is 40.1. The highest BCUT2D eigenvalue weighted by atomic mass is 35.5. The second-order valence-electron chi connectivity index (χ2n) is 11.5. The normalized spacial score (nSPS) is 14.1. The largest absolute Gasteiger partial charge is 0.490 e. The number of fused-ring (bicyclic) bond motifs is 1. The van der Waals surface area contributed by atoms with Crippen LogP contribution in [0.2, 0.25) is 5.02 Å². The summed E-state index contributed by atoms with van der Waals surface area (Å²) in [7, 11) is -3.75. The van der Waals surface area contributed by atoms with Gasteiger partial charge in [-0.25, -0.2) is 13.2 Å². The molecule has 0 spiro atoms. The molecule has 0 saturated carbocycles. The lowest BCUT2D eigenvalue weighted by atomic mass is 9.81. The maximum Gasteiger partial charge on any atom is 0.337 e. The molecule has 1 aliphatic heterocycles. The minimum atomic E-state index is -3.75. The summed E-state index contributed by atoms with van der Waals surface area (Å²) in [5, 5.41) is 14.5. The van der Waals surface area contributed by atoms with Crippen LogP contribution in [0.15, 0.2) is 30.3 Å². The van der Waals surface area contributed by atoms with Gasteiger partial charge in [0.1, 0.15) is 12.4 Å². The van der Waals surface area contributed by atoms with Crippen LogP contribution in [0.25, 0.3) is 22.3 Å². The van der Waals surface area contributed by atoms with Gasteiger partial charge in [-0.3, -0.25) is 4.72 Å². The summed E-state index contributed by atoms with van der Waals surface area (Å²) in [6, 6.07) is 9.30. The summed E-state index contributed by atoms with van der Waals surface area (Å²) >= 11 is 6.35. The standard InChI is InChI=1S/C31H37ClN2O6S/c1-16-15-20(9-11-22(16)32)24-18(3)25(21-10-12-23-27(17(21)2)33-13-14-39-23)26(19(4)28(24)34-41(8,37)38)29(30(35)36)40-31(5,6)7/h9-12,15,29,33-34H,13-14H2,1-8H3,(H,35,36). The Kier molecular flexibility index (Phi) is 8.38. The second kappa shape index (κ2) is 11.2. The van der Waals surface area contributed by atoms with E-state index < -0.39 is 27.7 Å². The SMILES string of the molecule is Cc1cc(-c2c(C)c(-c3ccc4c(c3C)NCCO4)c(C(OC(C)(C)C)C(=O)O)c(C)c2NS(C)(=O)=O)ccc1Cl. The zero-order valence-electron chi connectivity index (χ0n) is 24.7. The molecule has 0 aromatic heterocycles. The Morgan fingerprint density at radius 3 is 2.34 bits per heavy atom. The third-order valence-corrected chi connectivity index (χ3v) is 8.10. The molecule has 3 N–H and O–H groups in total. The van der Waals surface area contributed by atoms with Crippen LogP contribution < -0.4 is 14.8 Å². The van der Waals surface area contributed by atoms with Crippen molar-refractivity contribution in [2.75, 3.05) is 29.4 Å². The maximum absolute atomic E-state index is 12.9. The first-order valence-electron chi connectivity index (χ1n) is 13.3. The van der Waals surface area contributed by atoms with Crippen LogP contribution in [0, 0.1) is 27.7 Å². The number of hydrogen-bond acceptors (Lipinski definition) is 6. The van der Waals surface area contributed by atoms with Gasteiger partial charge in [0.25, 0.3) is 0 Å². The number of nitrogens with one attached hydrogen (secondary N) is 2. The Labute approximate surface area is 247 Å². The second-order valence-corrected chi connectivity index (χ2v) is 13.6. The highest BCUT2D eigenvalue weighted by Crippen LogP contribution is 2.49. The maximum atomic E-state index is 12.9. The van der Waals surface area contributed by atoms with Crippen molar-refractivity contribution in [2.24, 2.45) is 0 Å². The lowest BCUT2D eigenvalue weighted by molar-refractivity contribution is -0.160. The highest BCUT2D eigenvalue weighted by Gasteiger charge is 2.35. The zero-order chi connectivity index (χ0) is 30.4. The van der Waals surface area contributed by atoms with Gasteiger partial charge in [0.05, 0.1) is 23.2 Å². The Hall–Kier alpha value is -3.27. The van der Waals surface area contributed by atoms with E-state index in [1.54, 1.807) is 33.8 Å². The number of carboxylic acids is 1. The number of ether oxygens (including phenoxy) is 2. The lowest BCUT2D eigenvalue weighted by Gasteiger charge is -2.32.